The van der Waals surface area contributed by atoms with Gasteiger partial charge in [-0.1, -0.05) is 6.07 Å². The summed E-state index contributed by atoms with van der Waals surface area (Å²) in [7, 11) is 0. The molecule has 1 rings (SSSR count). The maximum absolute atomic E-state index is 11.5. The fraction of sp³-hybridized carbons (Fsp3) is 0.333. The van der Waals surface area contributed by atoms with E-state index in [-0.39, 0.29) is 19.0 Å². The highest BCUT2D eigenvalue weighted by Gasteiger charge is 2.11. The first kappa shape index (κ1) is 15.7. The Morgan fingerprint density at radius 3 is 2.75 bits per heavy atom. The van der Waals surface area contributed by atoms with Crippen molar-refractivity contribution in [2.75, 3.05) is 13.1 Å². The van der Waals surface area contributed by atoms with E-state index in [4.69, 9.17) is 5.26 Å². The van der Waals surface area contributed by atoms with Crippen LogP contribution in [0.25, 0.3) is 0 Å². The number of rotatable bonds is 6. The lowest BCUT2D eigenvalue weighted by molar-refractivity contribution is -0.145. The number of carbonyl (C=O) groups is 3. The third-order valence-electron chi connectivity index (χ3n) is 2.07. The van der Waals surface area contributed by atoms with Crippen LogP contribution in [0.4, 0.5) is 0 Å². The molecule has 0 saturated carbocycles. The molecule has 1 atom stereocenters. The van der Waals surface area contributed by atoms with Gasteiger partial charge in [0.2, 0.25) is 5.91 Å². The second-order valence-electron chi connectivity index (χ2n) is 3.70. The molecule has 8 heteroatoms. The van der Waals surface area contributed by atoms with E-state index >= 15 is 0 Å². The molecule has 0 unspecified atom stereocenters. The van der Waals surface area contributed by atoms with Crippen molar-refractivity contribution in [3.8, 4) is 6.07 Å². The van der Waals surface area contributed by atoms with Crippen molar-refractivity contribution in [2.24, 2.45) is 0 Å². The first-order valence-electron chi connectivity index (χ1n) is 5.70. The number of carbonyl (C=O) groups excluding carboxylic acids is 3. The average molecular weight is 295 g/mol. The smallest absolute Gasteiger partial charge is 0.326 e. The monoisotopic (exact) mass is 295 g/mol. The fourth-order valence-electron chi connectivity index (χ4n) is 1.15. The molecule has 0 aliphatic carbocycles. The van der Waals surface area contributed by atoms with Crippen LogP contribution in [0.2, 0.25) is 0 Å². The second-order valence-corrected chi connectivity index (χ2v) is 4.65. The van der Waals surface area contributed by atoms with Crippen molar-refractivity contribution in [1.82, 2.24) is 10.6 Å². The van der Waals surface area contributed by atoms with Crippen LogP contribution < -0.4 is 10.6 Å². The number of nitrogens with one attached hydrogen (secondary N) is 2. The maximum atomic E-state index is 11.5. The van der Waals surface area contributed by atoms with Gasteiger partial charge in [-0.15, -0.1) is 11.3 Å². The van der Waals surface area contributed by atoms with E-state index in [1.807, 2.05) is 0 Å². The highest BCUT2D eigenvalue weighted by Crippen LogP contribution is 2.07. The molecule has 0 radical (unpaired) electrons. The van der Waals surface area contributed by atoms with E-state index in [1.54, 1.807) is 23.6 Å². The summed E-state index contributed by atoms with van der Waals surface area (Å²) in [4.78, 5) is 34.6. The Morgan fingerprint density at radius 1 is 1.40 bits per heavy atom. The molecule has 20 heavy (non-hydrogen) atoms. The number of esters is 1. The number of hydrogen-bond acceptors (Lipinski definition) is 6. The van der Waals surface area contributed by atoms with Gasteiger partial charge in [0.25, 0.3) is 5.91 Å². The van der Waals surface area contributed by atoms with Crippen LogP contribution in [0.3, 0.4) is 0 Å². The van der Waals surface area contributed by atoms with Crippen LogP contribution in [0.1, 0.15) is 16.6 Å². The number of nitriles is 1. The lowest BCUT2D eigenvalue weighted by Crippen LogP contribution is -2.39. The van der Waals surface area contributed by atoms with E-state index in [9.17, 15) is 14.4 Å². The molecule has 1 aromatic heterocycles. The number of ether oxygens (including phenoxy) is 1. The summed E-state index contributed by atoms with van der Waals surface area (Å²) >= 11 is 1.26. The Morgan fingerprint density at radius 2 is 2.15 bits per heavy atom. The van der Waals surface area contributed by atoms with E-state index in [0.717, 1.165) is 0 Å². The Bertz CT molecular complexity index is 521. The Balaban J connectivity index is 2.22. The van der Waals surface area contributed by atoms with Crippen LogP contribution in [0, 0.1) is 11.3 Å². The zero-order valence-electron chi connectivity index (χ0n) is 10.7. The van der Waals surface area contributed by atoms with E-state index in [2.05, 4.69) is 15.4 Å². The zero-order valence-corrected chi connectivity index (χ0v) is 11.5. The van der Waals surface area contributed by atoms with Crippen LogP contribution in [-0.4, -0.2) is 37.0 Å². The molecule has 2 amide bonds. The molecular formula is C12H13N3O4S. The van der Waals surface area contributed by atoms with Gasteiger partial charge >= 0.3 is 5.97 Å². The predicted octanol–water partition coefficient (Wildman–Crippen LogP) is 0.0494. The quantitative estimate of drug-likeness (QED) is 0.721. The van der Waals surface area contributed by atoms with Crippen LogP contribution in [-0.2, 0) is 14.3 Å². The van der Waals surface area contributed by atoms with Crippen LogP contribution >= 0.6 is 11.3 Å². The van der Waals surface area contributed by atoms with Crippen molar-refractivity contribution in [2.45, 2.75) is 13.0 Å². The van der Waals surface area contributed by atoms with Gasteiger partial charge in [0.1, 0.15) is 12.6 Å². The summed E-state index contributed by atoms with van der Waals surface area (Å²) < 4.78 is 4.63. The molecule has 0 aliphatic heterocycles. The van der Waals surface area contributed by atoms with E-state index in [1.165, 1.54) is 18.3 Å². The topological polar surface area (TPSA) is 108 Å². The van der Waals surface area contributed by atoms with Crippen LogP contribution in [0.5, 0.6) is 0 Å². The van der Waals surface area contributed by atoms with Gasteiger partial charge in [0.05, 0.1) is 11.4 Å². The molecule has 1 aromatic rings. The number of thiophene rings is 1. The van der Waals surface area contributed by atoms with Crippen LogP contribution in [0.15, 0.2) is 17.5 Å². The van der Waals surface area contributed by atoms with Crippen molar-refractivity contribution in [1.29, 1.82) is 5.26 Å². The van der Waals surface area contributed by atoms with E-state index < -0.39 is 18.0 Å². The third-order valence-corrected chi connectivity index (χ3v) is 2.94. The first-order valence-corrected chi connectivity index (χ1v) is 6.58. The number of nitrogens with zero attached hydrogens (tertiary/aromatic N) is 1. The first-order chi connectivity index (χ1) is 9.52. The minimum atomic E-state index is -0.863. The van der Waals surface area contributed by atoms with Gasteiger partial charge in [-0.05, 0) is 18.4 Å². The zero-order chi connectivity index (χ0) is 15.0. The third kappa shape index (κ3) is 5.49. The van der Waals surface area contributed by atoms with Crippen molar-refractivity contribution in [3.63, 3.8) is 0 Å². The van der Waals surface area contributed by atoms with Crippen molar-refractivity contribution in [3.05, 3.63) is 22.4 Å². The highest BCUT2D eigenvalue weighted by molar-refractivity contribution is 7.12. The molecule has 2 N–H and O–H groups in total. The Hall–Kier alpha value is -2.40. The maximum Gasteiger partial charge on any atom is 0.326 e. The molecule has 0 aromatic carbocycles. The largest absolute Gasteiger partial charge is 0.446 e. The molecular weight excluding hydrogens is 282 g/mol. The standard InChI is InChI=1S/C12H13N3O4S/c1-8(5-13)19-11(17)7-14-10(16)6-15-12(18)9-3-2-4-20-9/h2-4,8H,6-7H2,1H3,(H,14,16)(H,15,18)/t8-/m1/s1. The summed E-state index contributed by atoms with van der Waals surface area (Å²) in [6, 6.07) is 5.09. The van der Waals surface area contributed by atoms with Gasteiger partial charge in [-0.3, -0.25) is 14.4 Å². The predicted molar refractivity (Wildman–Crippen MR) is 70.8 cm³/mol. The molecule has 7 nitrogen and oxygen atoms in total. The van der Waals surface area contributed by atoms with Gasteiger partial charge in [-0.2, -0.15) is 5.26 Å². The highest BCUT2D eigenvalue weighted by atomic mass is 32.1. The molecule has 0 saturated heterocycles. The summed E-state index contributed by atoms with van der Waals surface area (Å²) in [5.41, 5.74) is 0. The molecule has 0 bridgehead atoms. The normalized spacial score (nSPS) is 11.0. The SMILES string of the molecule is C[C@H](C#N)OC(=O)CNC(=O)CNC(=O)c1cccs1. The van der Waals surface area contributed by atoms with Gasteiger partial charge in [0.15, 0.2) is 6.10 Å². The van der Waals surface area contributed by atoms with E-state index in [0.29, 0.717) is 4.88 Å². The molecule has 0 fully saturated rings. The Labute approximate surface area is 119 Å². The second kappa shape index (κ2) is 7.91. The lowest BCUT2D eigenvalue weighted by Gasteiger charge is -2.07. The molecule has 0 spiro atoms. The number of hydrogen-bond donors (Lipinski definition) is 2. The van der Waals surface area contributed by atoms with Gasteiger partial charge < -0.3 is 15.4 Å². The minimum absolute atomic E-state index is 0.238. The Kier molecular flexibility index (Phi) is 6.19. The summed E-state index contributed by atoms with van der Waals surface area (Å²) in [6.45, 7) is 0.832. The molecule has 1 heterocycles. The summed E-state index contributed by atoms with van der Waals surface area (Å²) in [6.07, 6.45) is -0.863. The average Bonchev–Trinajstić information content (AvgIpc) is 2.96. The molecule has 106 valence electrons. The molecule has 0 aliphatic rings. The minimum Gasteiger partial charge on any atom is -0.446 e. The number of amides is 2. The van der Waals surface area contributed by atoms with Gasteiger partial charge in [0, 0.05) is 0 Å². The summed E-state index contributed by atoms with van der Waals surface area (Å²) in [5.74, 6) is -1.58. The van der Waals surface area contributed by atoms with Crippen molar-refractivity contribution < 1.29 is 19.1 Å². The summed E-state index contributed by atoms with van der Waals surface area (Å²) in [5, 5.41) is 14.9. The van der Waals surface area contributed by atoms with Gasteiger partial charge in [-0.25, -0.2) is 0 Å². The van der Waals surface area contributed by atoms with Crippen molar-refractivity contribution >= 4 is 29.1 Å². The fourth-order valence-corrected chi connectivity index (χ4v) is 1.79. The lowest BCUT2D eigenvalue weighted by atomic mass is 10.4.